The summed E-state index contributed by atoms with van der Waals surface area (Å²) in [4.78, 5) is 12.1. The van der Waals surface area contributed by atoms with E-state index in [0.717, 1.165) is 5.76 Å². The van der Waals surface area contributed by atoms with E-state index in [1.54, 1.807) is 0 Å². The van der Waals surface area contributed by atoms with E-state index in [-0.39, 0.29) is 24.6 Å². The zero-order valence-corrected chi connectivity index (χ0v) is 17.5. The second-order valence-electron chi connectivity index (χ2n) is 8.86. The Morgan fingerprint density at radius 2 is 1.67 bits per heavy atom. The van der Waals surface area contributed by atoms with Gasteiger partial charge in [0.15, 0.2) is 5.79 Å². The van der Waals surface area contributed by atoms with Gasteiger partial charge in [0.05, 0.1) is 24.4 Å². The fourth-order valence-electron chi connectivity index (χ4n) is 2.77. The highest BCUT2D eigenvalue weighted by molar-refractivity contribution is 6.70. The van der Waals surface area contributed by atoms with E-state index in [0.29, 0.717) is 12.8 Å². The fraction of sp³-hybridized carbons (Fsp3) is 0.833. The molecule has 24 heavy (non-hydrogen) atoms. The Labute approximate surface area is 147 Å². The third-order valence-electron chi connectivity index (χ3n) is 3.15. The van der Waals surface area contributed by atoms with Crippen LogP contribution in [0.15, 0.2) is 12.3 Å². The van der Waals surface area contributed by atoms with Gasteiger partial charge in [-0.1, -0.05) is 6.58 Å². The molecule has 6 heteroatoms. The standard InChI is InChI=1S/C18H34O5Si/c1-13(23-24(7,8)9)10-14-11-15(21-18(5,6)20-14)12-16(19)22-17(2,3)4/h14-15H,1,10-12H2,2-9H3/t14-,15-/m1/s1. The van der Waals surface area contributed by atoms with Gasteiger partial charge in [0.2, 0.25) is 8.32 Å². The van der Waals surface area contributed by atoms with Crippen molar-refractivity contribution in [2.75, 3.05) is 0 Å². The monoisotopic (exact) mass is 358 g/mol. The summed E-state index contributed by atoms with van der Waals surface area (Å²) in [5.74, 6) is -0.247. The van der Waals surface area contributed by atoms with Crippen molar-refractivity contribution in [3.05, 3.63) is 12.3 Å². The Bertz CT molecular complexity index is 419. The van der Waals surface area contributed by atoms with Crippen LogP contribution < -0.4 is 0 Å². The number of ether oxygens (including phenoxy) is 3. The van der Waals surface area contributed by atoms with Crippen LogP contribution in [0.2, 0.25) is 19.6 Å². The first-order valence-corrected chi connectivity index (χ1v) is 12.0. The van der Waals surface area contributed by atoms with Crippen LogP contribution in [0.25, 0.3) is 0 Å². The van der Waals surface area contributed by atoms with Gasteiger partial charge < -0.3 is 18.6 Å². The molecule has 0 radical (unpaired) electrons. The van der Waals surface area contributed by atoms with Crippen molar-refractivity contribution >= 4 is 14.3 Å². The summed E-state index contributed by atoms with van der Waals surface area (Å²) < 4.78 is 23.2. The average molecular weight is 359 g/mol. The Kier molecular flexibility index (Phi) is 6.69. The predicted octanol–water partition coefficient (Wildman–Crippen LogP) is 4.38. The summed E-state index contributed by atoms with van der Waals surface area (Å²) in [6.45, 7) is 19.7. The quantitative estimate of drug-likeness (QED) is 0.400. The van der Waals surface area contributed by atoms with Crippen molar-refractivity contribution < 1.29 is 23.4 Å². The maximum absolute atomic E-state index is 12.1. The first-order chi connectivity index (χ1) is 10.7. The summed E-state index contributed by atoms with van der Waals surface area (Å²) in [5.41, 5.74) is -0.489. The van der Waals surface area contributed by atoms with Crippen molar-refractivity contribution in [1.82, 2.24) is 0 Å². The SMILES string of the molecule is C=C(C[C@@H]1C[C@H](CC(=O)OC(C)(C)C)OC(C)(C)O1)O[Si](C)(C)C. The normalized spacial score (nSPS) is 24.3. The minimum atomic E-state index is -1.67. The molecule has 0 amide bonds. The van der Waals surface area contributed by atoms with Gasteiger partial charge in [-0.2, -0.15) is 0 Å². The number of carbonyl (C=O) groups excluding carboxylic acids is 1. The number of hydrogen-bond acceptors (Lipinski definition) is 5. The third-order valence-corrected chi connectivity index (χ3v) is 4.05. The maximum atomic E-state index is 12.1. The van der Waals surface area contributed by atoms with Crippen molar-refractivity contribution in [3.63, 3.8) is 0 Å². The highest BCUT2D eigenvalue weighted by atomic mass is 28.4. The van der Waals surface area contributed by atoms with Crippen LogP contribution in [0, 0.1) is 0 Å². The van der Waals surface area contributed by atoms with Gasteiger partial charge in [0.1, 0.15) is 5.60 Å². The highest BCUT2D eigenvalue weighted by Crippen LogP contribution is 2.32. The first kappa shape index (κ1) is 21.2. The zero-order chi connectivity index (χ0) is 18.8. The molecule has 0 aromatic heterocycles. The Balaban J connectivity index is 2.63. The molecule has 5 nitrogen and oxygen atoms in total. The molecular weight excluding hydrogens is 324 g/mol. The minimum Gasteiger partial charge on any atom is -0.548 e. The molecule has 0 bridgehead atoms. The smallest absolute Gasteiger partial charge is 0.308 e. The Morgan fingerprint density at radius 1 is 1.17 bits per heavy atom. The van der Waals surface area contributed by atoms with Gasteiger partial charge in [-0.15, -0.1) is 0 Å². The zero-order valence-electron chi connectivity index (χ0n) is 16.5. The second kappa shape index (κ2) is 7.58. The molecule has 140 valence electrons. The first-order valence-electron chi connectivity index (χ1n) is 8.59. The van der Waals surface area contributed by atoms with Gasteiger partial charge >= 0.3 is 5.97 Å². The van der Waals surface area contributed by atoms with E-state index in [9.17, 15) is 4.79 Å². The molecule has 0 spiro atoms. The van der Waals surface area contributed by atoms with E-state index in [4.69, 9.17) is 18.6 Å². The fourth-order valence-corrected chi connectivity index (χ4v) is 3.72. The van der Waals surface area contributed by atoms with Crippen LogP contribution in [-0.2, 0) is 23.4 Å². The summed E-state index contributed by atoms with van der Waals surface area (Å²) in [6, 6.07) is 0. The molecule has 1 saturated heterocycles. The highest BCUT2D eigenvalue weighted by Gasteiger charge is 2.37. The molecular formula is C18H34O5Si. The molecule has 0 saturated carbocycles. The maximum Gasteiger partial charge on any atom is 0.308 e. The van der Waals surface area contributed by atoms with Gasteiger partial charge in [-0.25, -0.2) is 0 Å². The van der Waals surface area contributed by atoms with Crippen molar-refractivity contribution in [1.29, 1.82) is 0 Å². The lowest BCUT2D eigenvalue weighted by atomic mass is 10.0. The molecule has 1 rings (SSSR count). The molecule has 1 heterocycles. The number of carbonyl (C=O) groups is 1. The Hall–Kier alpha value is -0.853. The lowest BCUT2D eigenvalue weighted by Gasteiger charge is -2.41. The van der Waals surface area contributed by atoms with Crippen molar-refractivity contribution in [2.45, 2.75) is 97.1 Å². The van der Waals surface area contributed by atoms with E-state index < -0.39 is 19.7 Å². The lowest BCUT2D eigenvalue weighted by molar-refractivity contribution is -0.300. The molecule has 1 fully saturated rings. The van der Waals surface area contributed by atoms with Crippen molar-refractivity contribution in [2.24, 2.45) is 0 Å². The van der Waals surface area contributed by atoms with Crippen LogP contribution >= 0.6 is 0 Å². The summed E-state index contributed by atoms with van der Waals surface area (Å²) in [7, 11) is -1.67. The number of rotatable bonds is 6. The molecule has 0 unspecified atom stereocenters. The number of hydrogen-bond donors (Lipinski definition) is 0. The average Bonchev–Trinajstić information content (AvgIpc) is 2.18. The van der Waals surface area contributed by atoms with Gasteiger partial charge in [0.25, 0.3) is 0 Å². The topological polar surface area (TPSA) is 54.0 Å². The van der Waals surface area contributed by atoms with Gasteiger partial charge in [-0.05, 0) is 54.3 Å². The van der Waals surface area contributed by atoms with E-state index >= 15 is 0 Å². The van der Waals surface area contributed by atoms with Crippen molar-refractivity contribution in [3.8, 4) is 0 Å². The van der Waals surface area contributed by atoms with E-state index in [2.05, 4.69) is 26.2 Å². The number of esters is 1. The third kappa shape index (κ3) is 8.85. The molecule has 1 aliphatic heterocycles. The second-order valence-corrected chi connectivity index (χ2v) is 13.3. The molecule has 0 aromatic rings. The molecule has 2 atom stereocenters. The lowest BCUT2D eigenvalue weighted by Crippen LogP contribution is -2.46. The predicted molar refractivity (Wildman–Crippen MR) is 97.1 cm³/mol. The summed E-state index contributed by atoms with van der Waals surface area (Å²) in [5, 5.41) is 0. The van der Waals surface area contributed by atoms with Crippen LogP contribution in [0.4, 0.5) is 0 Å². The molecule has 0 aliphatic carbocycles. The largest absolute Gasteiger partial charge is 0.548 e. The molecule has 0 aromatic carbocycles. The van der Waals surface area contributed by atoms with E-state index in [1.165, 1.54) is 0 Å². The molecule has 1 aliphatic rings. The Morgan fingerprint density at radius 3 is 2.12 bits per heavy atom. The van der Waals surface area contributed by atoms with Crippen LogP contribution in [0.3, 0.4) is 0 Å². The van der Waals surface area contributed by atoms with Crippen LogP contribution in [-0.4, -0.2) is 37.9 Å². The van der Waals surface area contributed by atoms with Gasteiger partial charge in [-0.3, -0.25) is 4.79 Å². The van der Waals surface area contributed by atoms with Crippen LogP contribution in [0.5, 0.6) is 0 Å². The minimum absolute atomic E-state index is 0.0787. The van der Waals surface area contributed by atoms with Crippen LogP contribution in [0.1, 0.15) is 53.9 Å². The summed E-state index contributed by atoms with van der Waals surface area (Å²) >= 11 is 0. The van der Waals surface area contributed by atoms with E-state index in [1.807, 2.05) is 34.6 Å². The molecule has 0 N–H and O–H groups in total. The van der Waals surface area contributed by atoms with Gasteiger partial charge in [0, 0.05) is 12.8 Å². The summed E-state index contributed by atoms with van der Waals surface area (Å²) in [6.07, 6.45) is 1.15.